The molecule has 2 nitrogen and oxygen atoms in total. The summed E-state index contributed by atoms with van der Waals surface area (Å²) in [5.41, 5.74) is 3.04. The molecular formula is C36H58N2Se. The van der Waals surface area contributed by atoms with E-state index in [2.05, 4.69) is 73.9 Å². The summed E-state index contributed by atoms with van der Waals surface area (Å²) >= 11 is 0.406. The fourth-order valence-corrected chi connectivity index (χ4v) is 8.39. The van der Waals surface area contributed by atoms with Crippen molar-refractivity contribution >= 4 is 45.2 Å². The number of anilines is 2. The molecule has 3 heteroatoms. The molecule has 1 heterocycles. The first-order valence-electron chi connectivity index (χ1n) is 16.7. The molecule has 0 spiro atoms. The first kappa shape index (κ1) is 32.1. The molecule has 0 saturated heterocycles. The Bertz CT molecular complexity index is 949. The van der Waals surface area contributed by atoms with Gasteiger partial charge in [0.2, 0.25) is 0 Å². The Labute approximate surface area is 247 Å². The predicted molar refractivity (Wildman–Crippen MR) is 179 cm³/mol. The van der Waals surface area contributed by atoms with Crippen LogP contribution in [-0.4, -0.2) is 40.7 Å². The molecule has 1 aromatic heterocycles. The molecule has 0 saturated carbocycles. The average Bonchev–Trinajstić information content (AvgIpc) is 3.35. The minimum absolute atomic E-state index is 0.406. The molecule has 0 aliphatic carbocycles. The SMILES string of the molecule is CCCCCCN(CCCCCC)c1cccc2[se]c3cccc(N(CCCCCC)CCCCCC)c3c12. The van der Waals surface area contributed by atoms with Gasteiger partial charge in [0, 0.05) is 0 Å². The summed E-state index contributed by atoms with van der Waals surface area (Å²) in [4.78, 5) is 5.55. The van der Waals surface area contributed by atoms with Crippen LogP contribution in [0.15, 0.2) is 36.4 Å². The third kappa shape index (κ3) is 9.86. The molecule has 39 heavy (non-hydrogen) atoms. The van der Waals surface area contributed by atoms with Crippen molar-refractivity contribution < 1.29 is 0 Å². The third-order valence-electron chi connectivity index (χ3n) is 8.29. The van der Waals surface area contributed by atoms with Gasteiger partial charge < -0.3 is 0 Å². The molecule has 3 rings (SSSR count). The summed E-state index contributed by atoms with van der Waals surface area (Å²) in [5, 5.41) is 3.17. The number of unbranched alkanes of at least 4 members (excludes halogenated alkanes) is 12. The standard InChI is InChI=1S/C36H58N2Se/c1-5-9-13-17-27-37(28-18-14-10-6-2)31-23-21-25-33-35(31)36-32(24-22-26-34(36)39-33)38(29-19-15-11-7-3)30-20-16-12-8-4/h21-26H,5-20,27-30H2,1-4H3. The summed E-state index contributed by atoms with van der Waals surface area (Å²) in [6.07, 6.45) is 21.3. The maximum atomic E-state index is 2.78. The molecule has 0 aliphatic rings. The normalized spacial score (nSPS) is 11.6. The Morgan fingerprint density at radius 3 is 1.08 bits per heavy atom. The third-order valence-corrected chi connectivity index (χ3v) is 10.6. The molecule has 0 bridgehead atoms. The summed E-state index contributed by atoms with van der Waals surface area (Å²) in [7, 11) is 0. The van der Waals surface area contributed by atoms with Crippen LogP contribution in [0.25, 0.3) is 19.3 Å². The summed E-state index contributed by atoms with van der Waals surface area (Å²) in [6, 6.07) is 14.5. The van der Waals surface area contributed by atoms with Crippen molar-refractivity contribution in [2.75, 3.05) is 36.0 Å². The van der Waals surface area contributed by atoms with E-state index in [4.69, 9.17) is 0 Å². The van der Waals surface area contributed by atoms with E-state index < -0.39 is 0 Å². The van der Waals surface area contributed by atoms with Crippen LogP contribution in [-0.2, 0) is 0 Å². The van der Waals surface area contributed by atoms with E-state index in [1.807, 2.05) is 0 Å². The van der Waals surface area contributed by atoms with Crippen LogP contribution in [0.5, 0.6) is 0 Å². The fraction of sp³-hybridized carbons (Fsp3) is 0.667. The first-order valence-corrected chi connectivity index (χ1v) is 18.4. The molecule has 0 atom stereocenters. The number of rotatable bonds is 22. The van der Waals surface area contributed by atoms with Crippen LogP contribution in [0.2, 0.25) is 0 Å². The van der Waals surface area contributed by atoms with E-state index in [-0.39, 0.29) is 0 Å². The Balaban J connectivity index is 2.00. The fourth-order valence-electron chi connectivity index (χ4n) is 5.98. The summed E-state index contributed by atoms with van der Waals surface area (Å²) in [5.74, 6) is 0. The van der Waals surface area contributed by atoms with Gasteiger partial charge in [0.1, 0.15) is 0 Å². The molecule has 218 valence electrons. The zero-order valence-electron chi connectivity index (χ0n) is 25.9. The van der Waals surface area contributed by atoms with E-state index in [1.165, 1.54) is 140 Å². The quantitative estimate of drug-likeness (QED) is 0.0840. The van der Waals surface area contributed by atoms with Crippen LogP contribution in [0.4, 0.5) is 11.4 Å². The zero-order chi connectivity index (χ0) is 27.7. The summed E-state index contributed by atoms with van der Waals surface area (Å²) in [6.45, 7) is 14.1. The van der Waals surface area contributed by atoms with E-state index >= 15 is 0 Å². The molecule has 0 fully saturated rings. The van der Waals surface area contributed by atoms with Crippen LogP contribution in [0, 0.1) is 0 Å². The van der Waals surface area contributed by atoms with Crippen molar-refractivity contribution in [2.45, 2.75) is 130 Å². The van der Waals surface area contributed by atoms with Gasteiger partial charge in [-0.2, -0.15) is 0 Å². The second-order valence-corrected chi connectivity index (χ2v) is 13.9. The number of hydrogen-bond acceptors (Lipinski definition) is 2. The molecule has 0 aliphatic heterocycles. The van der Waals surface area contributed by atoms with Crippen LogP contribution in [0.1, 0.15) is 130 Å². The second kappa shape index (κ2) is 18.8. The second-order valence-electron chi connectivity index (χ2n) is 11.6. The van der Waals surface area contributed by atoms with Crippen LogP contribution in [0.3, 0.4) is 0 Å². The number of benzene rings is 2. The van der Waals surface area contributed by atoms with Gasteiger partial charge in [-0.05, 0) is 0 Å². The van der Waals surface area contributed by atoms with E-state index in [9.17, 15) is 0 Å². The maximum absolute atomic E-state index is 2.78. The van der Waals surface area contributed by atoms with Crippen molar-refractivity contribution in [3.05, 3.63) is 36.4 Å². The Morgan fingerprint density at radius 1 is 0.436 bits per heavy atom. The van der Waals surface area contributed by atoms with Gasteiger partial charge >= 0.3 is 248 Å². The van der Waals surface area contributed by atoms with Crippen molar-refractivity contribution in [2.24, 2.45) is 0 Å². The number of nitrogens with zero attached hydrogens (tertiary/aromatic N) is 2. The predicted octanol–water partition coefficient (Wildman–Crippen LogP) is 11.0. The average molecular weight is 598 g/mol. The van der Waals surface area contributed by atoms with Gasteiger partial charge in [-0.25, -0.2) is 0 Å². The molecule has 0 N–H and O–H groups in total. The Morgan fingerprint density at radius 2 is 0.769 bits per heavy atom. The van der Waals surface area contributed by atoms with Crippen molar-refractivity contribution in [3.8, 4) is 0 Å². The molecule has 0 amide bonds. The van der Waals surface area contributed by atoms with Crippen molar-refractivity contribution in [3.63, 3.8) is 0 Å². The van der Waals surface area contributed by atoms with Gasteiger partial charge in [0.25, 0.3) is 0 Å². The molecule has 0 radical (unpaired) electrons. The monoisotopic (exact) mass is 598 g/mol. The number of fused-ring (bicyclic) bond motifs is 3. The van der Waals surface area contributed by atoms with Gasteiger partial charge in [0.15, 0.2) is 0 Å². The molecule has 3 aromatic rings. The Hall–Kier alpha value is -1.44. The van der Waals surface area contributed by atoms with Crippen molar-refractivity contribution in [1.82, 2.24) is 0 Å². The molecule has 2 aromatic carbocycles. The van der Waals surface area contributed by atoms with E-state index in [0.717, 1.165) is 0 Å². The van der Waals surface area contributed by atoms with Gasteiger partial charge in [0.05, 0.1) is 0 Å². The van der Waals surface area contributed by atoms with E-state index in [1.54, 1.807) is 19.3 Å². The topological polar surface area (TPSA) is 6.48 Å². The van der Waals surface area contributed by atoms with Crippen LogP contribution < -0.4 is 9.80 Å². The first-order chi connectivity index (χ1) is 19.2. The molecule has 0 unspecified atom stereocenters. The zero-order valence-corrected chi connectivity index (χ0v) is 27.6. The van der Waals surface area contributed by atoms with E-state index in [0.29, 0.717) is 14.5 Å². The van der Waals surface area contributed by atoms with Crippen LogP contribution >= 0.6 is 0 Å². The Kier molecular flexibility index (Phi) is 15.5. The van der Waals surface area contributed by atoms with Gasteiger partial charge in [-0.3, -0.25) is 0 Å². The van der Waals surface area contributed by atoms with Gasteiger partial charge in [-0.15, -0.1) is 0 Å². The van der Waals surface area contributed by atoms with Crippen molar-refractivity contribution in [1.29, 1.82) is 0 Å². The molecular weight excluding hydrogens is 539 g/mol. The number of hydrogen-bond donors (Lipinski definition) is 0. The summed E-state index contributed by atoms with van der Waals surface area (Å²) < 4.78 is 3.21. The minimum atomic E-state index is 0.406. The van der Waals surface area contributed by atoms with Gasteiger partial charge in [-0.1, -0.05) is 0 Å².